The van der Waals surface area contributed by atoms with Crippen LogP contribution in [0.15, 0.2) is 15.8 Å². The monoisotopic (exact) mass is 546 g/mol. The lowest BCUT2D eigenvalue weighted by Gasteiger charge is -2.37. The molecule has 0 bridgehead atoms. The molecule has 0 aliphatic carbocycles. The minimum absolute atomic E-state index is 0.0292. The fourth-order valence-electron chi connectivity index (χ4n) is 3.81. The van der Waals surface area contributed by atoms with Gasteiger partial charge in [0.15, 0.2) is 0 Å². The largest absolute Gasteiger partial charge is 0.522 e. The summed E-state index contributed by atoms with van der Waals surface area (Å²) in [7, 11) is -10.1. The Labute approximate surface area is 200 Å². The number of hydrogen-bond donors (Lipinski definition) is 1. The number of halogens is 3. The molecular formula is C19H29F3N2O9SSi. The molecule has 1 aromatic rings. The Bertz CT molecular complexity index is 1140. The predicted octanol–water partition coefficient (Wildman–Crippen LogP) is 2.21. The number of aryl methyl sites for hydroxylation is 1. The van der Waals surface area contributed by atoms with Crippen LogP contribution in [0.25, 0.3) is 0 Å². The molecule has 0 spiro atoms. The number of esters is 1. The maximum Gasteiger partial charge on any atom is 0.522 e. The molecule has 0 amide bonds. The number of nitrogens with zero attached hydrogens (tertiary/aromatic N) is 1. The summed E-state index contributed by atoms with van der Waals surface area (Å²) in [6, 6.07) is 0. The molecule has 11 nitrogen and oxygen atoms in total. The van der Waals surface area contributed by atoms with Crippen LogP contribution in [-0.2, 0) is 32.7 Å². The smallest absolute Gasteiger partial charge is 0.460 e. The first kappa shape index (κ1) is 29.2. The molecule has 35 heavy (non-hydrogen) atoms. The summed E-state index contributed by atoms with van der Waals surface area (Å²) in [5, 5.41) is 0. The van der Waals surface area contributed by atoms with Crippen molar-refractivity contribution in [2.45, 2.75) is 83.0 Å². The molecule has 2 heterocycles. The highest BCUT2D eigenvalue weighted by atomic mass is 32.2. The van der Waals surface area contributed by atoms with Gasteiger partial charge in [-0.3, -0.25) is 23.0 Å². The van der Waals surface area contributed by atoms with Crippen LogP contribution in [0.4, 0.5) is 13.2 Å². The second kappa shape index (κ2) is 10.5. The number of carbonyl (C=O) groups excluding carboxylic acids is 1. The number of H-pyrrole nitrogens is 1. The van der Waals surface area contributed by atoms with E-state index in [0.717, 1.165) is 11.5 Å². The van der Waals surface area contributed by atoms with Gasteiger partial charge < -0.3 is 13.9 Å². The lowest BCUT2D eigenvalue weighted by molar-refractivity contribution is -0.150. The van der Waals surface area contributed by atoms with Crippen LogP contribution in [-0.4, -0.2) is 56.8 Å². The zero-order valence-electron chi connectivity index (χ0n) is 20.0. The van der Waals surface area contributed by atoms with E-state index in [1.165, 1.54) is 40.8 Å². The summed E-state index contributed by atoms with van der Waals surface area (Å²) < 4.78 is 85.7. The van der Waals surface area contributed by atoms with Crippen LogP contribution in [0, 0.1) is 6.92 Å². The van der Waals surface area contributed by atoms with Gasteiger partial charge in [0.25, 0.3) is 5.56 Å². The molecule has 1 saturated heterocycles. The Kier molecular flexibility index (Phi) is 8.80. The highest BCUT2D eigenvalue weighted by Gasteiger charge is 2.57. The molecule has 1 aromatic heterocycles. The van der Waals surface area contributed by atoms with E-state index in [-0.39, 0.29) is 12.0 Å². The predicted molar refractivity (Wildman–Crippen MR) is 118 cm³/mol. The SMILES string of the molecule is CC(=O)OC1C[C@H](n2cc(C)c(=O)[nH]c2=O)O[C@@H]1CO[Si](OS(=O)(=O)C(F)(F)F)(C(C)C)C(C)C. The van der Waals surface area contributed by atoms with Crippen LogP contribution in [0.1, 0.15) is 52.8 Å². The Morgan fingerprint density at radius 2 is 1.83 bits per heavy atom. The van der Waals surface area contributed by atoms with E-state index in [2.05, 4.69) is 4.98 Å². The first-order valence-corrected chi connectivity index (χ1v) is 14.1. The topological polar surface area (TPSA) is 143 Å². The molecule has 0 aromatic carbocycles. The number of nitrogens with one attached hydrogen (secondary N) is 1. The third-order valence-electron chi connectivity index (χ3n) is 5.56. The molecule has 1 unspecified atom stereocenters. The normalized spacial score (nSPS) is 21.6. The van der Waals surface area contributed by atoms with Crippen molar-refractivity contribution in [1.82, 2.24) is 9.55 Å². The van der Waals surface area contributed by atoms with Gasteiger partial charge in [0.1, 0.15) is 18.4 Å². The fourth-order valence-corrected chi connectivity index (χ4v) is 9.71. The fraction of sp³-hybridized carbons (Fsp3) is 0.737. The number of aromatic nitrogens is 2. The number of alkyl halides is 3. The number of ether oxygens (including phenoxy) is 2. The molecule has 0 radical (unpaired) electrons. The summed E-state index contributed by atoms with van der Waals surface area (Å²) in [6.45, 7) is 8.09. The van der Waals surface area contributed by atoms with Gasteiger partial charge in [0.05, 0.1) is 6.61 Å². The Hall–Kier alpha value is -2.01. The van der Waals surface area contributed by atoms with E-state index < -0.39 is 77.5 Å². The average Bonchev–Trinajstić information content (AvgIpc) is 3.08. The molecule has 1 N–H and O–H groups in total. The average molecular weight is 547 g/mol. The van der Waals surface area contributed by atoms with Gasteiger partial charge >= 0.3 is 35.8 Å². The van der Waals surface area contributed by atoms with E-state index >= 15 is 0 Å². The third kappa shape index (κ3) is 6.41. The summed E-state index contributed by atoms with van der Waals surface area (Å²) >= 11 is 0. The van der Waals surface area contributed by atoms with Gasteiger partial charge in [-0.2, -0.15) is 21.6 Å². The van der Waals surface area contributed by atoms with Crippen molar-refractivity contribution in [3.63, 3.8) is 0 Å². The number of rotatable bonds is 9. The van der Waals surface area contributed by atoms with E-state index in [1.807, 2.05) is 0 Å². The van der Waals surface area contributed by atoms with Crippen molar-refractivity contribution in [2.24, 2.45) is 0 Å². The summed E-state index contributed by atoms with van der Waals surface area (Å²) in [5.74, 6) is -0.679. The van der Waals surface area contributed by atoms with E-state index in [0.29, 0.717) is 0 Å². The lowest BCUT2D eigenvalue weighted by atomic mass is 10.2. The van der Waals surface area contributed by atoms with E-state index in [9.17, 15) is 36.0 Å². The van der Waals surface area contributed by atoms with Crippen molar-refractivity contribution < 1.29 is 44.2 Å². The lowest BCUT2D eigenvalue weighted by Crippen LogP contribution is -2.53. The van der Waals surface area contributed by atoms with Crippen LogP contribution >= 0.6 is 0 Å². The summed E-state index contributed by atoms with van der Waals surface area (Å²) in [4.78, 5) is 37.7. The second-order valence-corrected chi connectivity index (χ2v) is 14.9. The summed E-state index contributed by atoms with van der Waals surface area (Å²) in [5.41, 5.74) is -8.25. The van der Waals surface area contributed by atoms with E-state index in [4.69, 9.17) is 17.8 Å². The zero-order valence-corrected chi connectivity index (χ0v) is 21.9. The van der Waals surface area contributed by atoms with Crippen molar-refractivity contribution in [3.8, 4) is 0 Å². The van der Waals surface area contributed by atoms with Crippen LogP contribution in [0.3, 0.4) is 0 Å². The number of aromatic amines is 1. The third-order valence-corrected chi connectivity index (χ3v) is 11.9. The highest BCUT2D eigenvalue weighted by Crippen LogP contribution is 2.40. The Balaban J connectivity index is 2.37. The van der Waals surface area contributed by atoms with Crippen LogP contribution in [0.2, 0.25) is 11.1 Å². The second-order valence-electron chi connectivity index (χ2n) is 8.82. The molecule has 1 fully saturated rings. The summed E-state index contributed by atoms with van der Waals surface area (Å²) in [6.07, 6.45) is -1.80. The Morgan fingerprint density at radius 1 is 1.26 bits per heavy atom. The van der Waals surface area contributed by atoms with Crippen molar-refractivity contribution in [1.29, 1.82) is 0 Å². The van der Waals surface area contributed by atoms with Gasteiger partial charge in [0, 0.05) is 25.1 Å². The quantitative estimate of drug-likeness (QED) is 0.280. The van der Waals surface area contributed by atoms with Crippen molar-refractivity contribution in [3.05, 3.63) is 32.6 Å². The maximum atomic E-state index is 13.1. The molecule has 1 aliphatic rings. The zero-order chi connectivity index (χ0) is 26.9. The van der Waals surface area contributed by atoms with Crippen molar-refractivity contribution >= 4 is 24.6 Å². The first-order chi connectivity index (χ1) is 15.9. The molecular weight excluding hydrogens is 517 g/mol. The highest BCUT2D eigenvalue weighted by molar-refractivity contribution is 7.88. The molecule has 2 rings (SSSR count). The minimum atomic E-state index is -5.96. The van der Waals surface area contributed by atoms with Gasteiger partial charge in [-0.15, -0.1) is 0 Å². The Morgan fingerprint density at radius 3 is 2.31 bits per heavy atom. The van der Waals surface area contributed by atoms with Gasteiger partial charge in [-0.05, 0) is 18.0 Å². The number of hydrogen-bond acceptors (Lipinski definition) is 9. The van der Waals surface area contributed by atoms with Gasteiger partial charge in [-0.25, -0.2) is 4.79 Å². The molecule has 1 aliphatic heterocycles. The standard InChI is InChI=1S/C19H29F3N2O9SSi/c1-10(2)35(11(3)4,33-34(28,29)19(20,21)22)30-9-15-14(31-13(6)25)7-16(32-15)24-8-12(5)17(26)23-18(24)27/h8,10-11,14-16H,7,9H2,1-6H3,(H,23,26,27)/t14?,15-,16-/m1/s1. The van der Waals surface area contributed by atoms with Gasteiger partial charge in [0.2, 0.25) is 0 Å². The maximum absolute atomic E-state index is 13.1. The molecule has 200 valence electrons. The van der Waals surface area contributed by atoms with E-state index in [1.54, 1.807) is 0 Å². The minimum Gasteiger partial charge on any atom is -0.460 e. The first-order valence-electron chi connectivity index (χ1n) is 10.7. The van der Waals surface area contributed by atoms with Crippen LogP contribution in [0.5, 0.6) is 0 Å². The van der Waals surface area contributed by atoms with Gasteiger partial charge in [-0.1, -0.05) is 27.7 Å². The number of carbonyl (C=O) groups is 1. The molecule has 0 saturated carbocycles. The molecule has 3 atom stereocenters. The van der Waals surface area contributed by atoms with Crippen molar-refractivity contribution in [2.75, 3.05) is 6.61 Å². The van der Waals surface area contributed by atoms with Crippen LogP contribution < -0.4 is 11.2 Å². The molecule has 16 heteroatoms.